The van der Waals surface area contributed by atoms with E-state index in [9.17, 15) is 14.9 Å². The summed E-state index contributed by atoms with van der Waals surface area (Å²) in [5, 5.41) is 13.5. The van der Waals surface area contributed by atoms with Gasteiger partial charge in [0.15, 0.2) is 0 Å². The van der Waals surface area contributed by atoms with Gasteiger partial charge in [0.25, 0.3) is 5.69 Å². The smallest absolute Gasteiger partial charge is 0.274 e. The molecule has 7 heteroatoms. The fraction of sp³-hybridized carbons (Fsp3) is 0.417. The van der Waals surface area contributed by atoms with Crippen LogP contribution in [0.15, 0.2) is 24.3 Å². The first kappa shape index (κ1) is 17.3. The molecule has 1 aromatic carbocycles. The summed E-state index contributed by atoms with van der Waals surface area (Å²) >= 11 is 0. The van der Waals surface area contributed by atoms with E-state index in [2.05, 4.69) is 5.32 Å². The van der Waals surface area contributed by atoms with Crippen LogP contribution >= 0.6 is 12.4 Å². The Hall–Kier alpha value is -1.66. The topological polar surface area (TPSA) is 98.3 Å². The maximum atomic E-state index is 11.8. The maximum Gasteiger partial charge on any atom is 0.274 e. The summed E-state index contributed by atoms with van der Waals surface area (Å²) in [5.41, 5.74) is 5.29. The van der Waals surface area contributed by atoms with Gasteiger partial charge >= 0.3 is 0 Å². The van der Waals surface area contributed by atoms with E-state index in [1.54, 1.807) is 32.0 Å². The minimum Gasteiger partial charge on any atom is -0.351 e. The van der Waals surface area contributed by atoms with Crippen molar-refractivity contribution in [3.05, 3.63) is 39.9 Å². The summed E-state index contributed by atoms with van der Waals surface area (Å²) in [7, 11) is 0. The van der Waals surface area contributed by atoms with Crippen molar-refractivity contribution in [2.75, 3.05) is 6.54 Å². The highest BCUT2D eigenvalue weighted by Crippen LogP contribution is 2.18. The van der Waals surface area contributed by atoms with Gasteiger partial charge in [0.1, 0.15) is 0 Å². The van der Waals surface area contributed by atoms with E-state index in [0.29, 0.717) is 5.56 Å². The predicted octanol–water partition coefficient (Wildman–Crippen LogP) is 1.62. The van der Waals surface area contributed by atoms with Gasteiger partial charge in [-0.05, 0) is 13.8 Å². The molecule has 0 saturated carbocycles. The average molecular weight is 288 g/mol. The molecule has 0 aromatic heterocycles. The van der Waals surface area contributed by atoms with Gasteiger partial charge in [-0.25, -0.2) is 0 Å². The third-order valence-electron chi connectivity index (χ3n) is 2.75. The van der Waals surface area contributed by atoms with Gasteiger partial charge in [-0.2, -0.15) is 0 Å². The molecule has 6 nitrogen and oxygen atoms in total. The molecule has 0 heterocycles. The lowest BCUT2D eigenvalue weighted by atomic mass is 9.92. The van der Waals surface area contributed by atoms with E-state index < -0.39 is 10.3 Å². The van der Waals surface area contributed by atoms with E-state index in [0.717, 1.165) is 0 Å². The quantitative estimate of drug-likeness (QED) is 0.635. The van der Waals surface area contributed by atoms with Gasteiger partial charge in [-0.3, -0.25) is 14.9 Å². The van der Waals surface area contributed by atoms with E-state index in [1.165, 1.54) is 6.07 Å². The molecule has 0 bridgehead atoms. The van der Waals surface area contributed by atoms with Crippen LogP contribution in [0, 0.1) is 15.5 Å². The number of nitrogens with one attached hydrogen (secondary N) is 1. The van der Waals surface area contributed by atoms with Crippen LogP contribution in [0.5, 0.6) is 0 Å². The number of benzene rings is 1. The van der Waals surface area contributed by atoms with Crippen LogP contribution in [-0.4, -0.2) is 17.4 Å². The zero-order valence-electron chi connectivity index (χ0n) is 10.9. The van der Waals surface area contributed by atoms with Crippen molar-refractivity contribution in [3.63, 3.8) is 0 Å². The number of nitro benzene ring substituents is 1. The highest BCUT2D eigenvalue weighted by Gasteiger charge is 2.25. The summed E-state index contributed by atoms with van der Waals surface area (Å²) in [5.74, 6) is -0.219. The standard InChI is InChI=1S/C12H17N3O3.ClH/c1-12(2,8-13)11(16)14-7-9-5-3-4-6-10(9)15(17)18;/h3-6H,7-8,13H2,1-2H3,(H,14,16);1H. The molecule has 0 fully saturated rings. The van der Waals surface area contributed by atoms with Crippen LogP contribution in [0.2, 0.25) is 0 Å². The largest absolute Gasteiger partial charge is 0.351 e. The molecule has 1 rings (SSSR count). The van der Waals surface area contributed by atoms with Crippen molar-refractivity contribution in [3.8, 4) is 0 Å². The Morgan fingerprint density at radius 2 is 2.00 bits per heavy atom. The molecule has 0 radical (unpaired) electrons. The number of rotatable bonds is 5. The first-order chi connectivity index (χ1) is 8.38. The molecule has 0 atom stereocenters. The SMILES string of the molecule is CC(C)(CN)C(=O)NCc1ccccc1[N+](=O)[O-].Cl. The second-order valence-electron chi connectivity index (χ2n) is 4.66. The molecular weight excluding hydrogens is 270 g/mol. The van der Waals surface area contributed by atoms with Gasteiger partial charge in [0.05, 0.1) is 10.3 Å². The van der Waals surface area contributed by atoms with Crippen molar-refractivity contribution in [2.24, 2.45) is 11.1 Å². The summed E-state index contributed by atoms with van der Waals surface area (Å²) in [6.07, 6.45) is 0. The molecule has 3 N–H and O–H groups in total. The summed E-state index contributed by atoms with van der Waals surface area (Å²) < 4.78 is 0. The zero-order chi connectivity index (χ0) is 13.8. The molecule has 0 aliphatic heterocycles. The number of carbonyl (C=O) groups is 1. The summed E-state index contributed by atoms with van der Waals surface area (Å²) in [6, 6.07) is 6.32. The van der Waals surface area contributed by atoms with Crippen molar-refractivity contribution in [1.29, 1.82) is 0 Å². The number of carbonyl (C=O) groups excluding carboxylic acids is 1. The van der Waals surface area contributed by atoms with Crippen LogP contribution in [0.25, 0.3) is 0 Å². The first-order valence-electron chi connectivity index (χ1n) is 5.59. The van der Waals surface area contributed by atoms with Crippen molar-refractivity contribution < 1.29 is 9.72 Å². The zero-order valence-corrected chi connectivity index (χ0v) is 11.7. The Labute approximate surface area is 117 Å². The monoisotopic (exact) mass is 287 g/mol. The van der Waals surface area contributed by atoms with Gasteiger partial charge in [0, 0.05) is 24.7 Å². The van der Waals surface area contributed by atoms with Crippen LogP contribution in [0.1, 0.15) is 19.4 Å². The number of nitrogens with zero attached hydrogens (tertiary/aromatic N) is 1. The minimum absolute atomic E-state index is 0. The van der Waals surface area contributed by atoms with Gasteiger partial charge < -0.3 is 11.1 Å². The average Bonchev–Trinajstić information content (AvgIpc) is 2.36. The van der Waals surface area contributed by atoms with Crippen LogP contribution < -0.4 is 11.1 Å². The summed E-state index contributed by atoms with van der Waals surface area (Å²) in [6.45, 7) is 3.79. The Morgan fingerprint density at radius 3 is 2.53 bits per heavy atom. The molecule has 1 amide bonds. The lowest BCUT2D eigenvalue weighted by Crippen LogP contribution is -2.41. The third kappa shape index (κ3) is 4.50. The Kier molecular flexibility index (Phi) is 6.44. The Balaban J connectivity index is 0.00000324. The van der Waals surface area contributed by atoms with Crippen LogP contribution in [0.4, 0.5) is 5.69 Å². The maximum absolute atomic E-state index is 11.8. The molecular formula is C12H18ClN3O3. The van der Waals surface area contributed by atoms with Crippen molar-refractivity contribution in [1.82, 2.24) is 5.32 Å². The molecule has 0 aliphatic rings. The highest BCUT2D eigenvalue weighted by atomic mass is 35.5. The van der Waals surface area contributed by atoms with Gasteiger partial charge in [-0.15, -0.1) is 12.4 Å². The van der Waals surface area contributed by atoms with E-state index in [4.69, 9.17) is 5.73 Å². The Bertz CT molecular complexity index is 463. The molecule has 0 unspecified atom stereocenters. The molecule has 1 aromatic rings. The number of hydrogen-bond donors (Lipinski definition) is 2. The number of hydrogen-bond acceptors (Lipinski definition) is 4. The number of nitrogens with two attached hydrogens (primary N) is 1. The fourth-order valence-electron chi connectivity index (χ4n) is 1.35. The van der Waals surface area contributed by atoms with Crippen LogP contribution in [0.3, 0.4) is 0 Å². The number of nitro groups is 1. The highest BCUT2D eigenvalue weighted by molar-refractivity contribution is 5.85. The second kappa shape index (κ2) is 7.06. The molecule has 0 aliphatic carbocycles. The van der Waals surface area contributed by atoms with E-state index >= 15 is 0 Å². The molecule has 0 saturated heterocycles. The predicted molar refractivity (Wildman–Crippen MR) is 75.0 cm³/mol. The van der Waals surface area contributed by atoms with Crippen LogP contribution in [-0.2, 0) is 11.3 Å². The number of halogens is 1. The van der Waals surface area contributed by atoms with Gasteiger partial charge in [0.2, 0.25) is 5.91 Å². The second-order valence-corrected chi connectivity index (χ2v) is 4.66. The minimum atomic E-state index is -0.677. The Morgan fingerprint density at radius 1 is 1.42 bits per heavy atom. The number of para-hydroxylation sites is 1. The molecule has 0 spiro atoms. The number of amides is 1. The molecule has 106 valence electrons. The summed E-state index contributed by atoms with van der Waals surface area (Å²) in [4.78, 5) is 22.1. The van der Waals surface area contributed by atoms with E-state index in [-0.39, 0.29) is 37.1 Å². The third-order valence-corrected chi connectivity index (χ3v) is 2.75. The fourth-order valence-corrected chi connectivity index (χ4v) is 1.35. The van der Waals surface area contributed by atoms with E-state index in [1.807, 2.05) is 0 Å². The van der Waals surface area contributed by atoms with Crippen molar-refractivity contribution in [2.45, 2.75) is 20.4 Å². The lowest BCUT2D eigenvalue weighted by molar-refractivity contribution is -0.385. The first-order valence-corrected chi connectivity index (χ1v) is 5.59. The lowest BCUT2D eigenvalue weighted by Gasteiger charge is -2.21. The van der Waals surface area contributed by atoms with Crippen molar-refractivity contribution >= 4 is 24.0 Å². The van der Waals surface area contributed by atoms with Gasteiger partial charge in [-0.1, -0.05) is 18.2 Å². The normalized spacial score (nSPS) is 10.5. The molecule has 19 heavy (non-hydrogen) atoms.